The lowest BCUT2D eigenvalue weighted by atomic mass is 10.1. The van der Waals surface area contributed by atoms with Crippen molar-refractivity contribution in [3.8, 4) is 6.07 Å². The maximum absolute atomic E-state index is 13.2. The minimum atomic E-state index is -4.16. The van der Waals surface area contributed by atoms with Gasteiger partial charge in [0.2, 0.25) is 0 Å². The van der Waals surface area contributed by atoms with Gasteiger partial charge in [-0.1, -0.05) is 29.8 Å². The Balaban J connectivity index is 2.04. The van der Waals surface area contributed by atoms with Gasteiger partial charge in [-0.15, -0.1) is 0 Å². The molecule has 0 aliphatic heterocycles. The standard InChI is InChI=1S/C20H14ClN3O3S/c21-17-8-10-18(11-9-17)28(26,27)24(20(25)19-3-1-2-12-23-19)14-16-6-4-15(13-22)5-7-16/h1-12H,14H2. The molecule has 3 aromatic rings. The zero-order chi connectivity index (χ0) is 20.1. The van der Waals surface area contributed by atoms with Crippen LogP contribution in [0.25, 0.3) is 0 Å². The molecule has 0 saturated carbocycles. The van der Waals surface area contributed by atoms with Crippen molar-refractivity contribution >= 4 is 27.5 Å². The molecular formula is C20H14ClN3O3S. The van der Waals surface area contributed by atoms with Crippen LogP contribution in [-0.4, -0.2) is 23.6 Å². The minimum absolute atomic E-state index is 0.00804. The molecule has 2 aromatic carbocycles. The molecule has 0 aliphatic rings. The number of hydrogen-bond acceptors (Lipinski definition) is 5. The molecule has 1 amide bonds. The predicted octanol–water partition coefficient (Wildman–Crippen LogP) is 3.64. The largest absolute Gasteiger partial charge is 0.286 e. The number of benzene rings is 2. The molecule has 0 atom stereocenters. The molecule has 0 aliphatic carbocycles. The van der Waals surface area contributed by atoms with Gasteiger partial charge in [0.25, 0.3) is 15.9 Å². The second kappa shape index (κ2) is 8.21. The van der Waals surface area contributed by atoms with E-state index in [1.807, 2.05) is 6.07 Å². The van der Waals surface area contributed by atoms with Crippen LogP contribution >= 0.6 is 11.6 Å². The topological polar surface area (TPSA) is 91.1 Å². The highest BCUT2D eigenvalue weighted by atomic mass is 35.5. The average molecular weight is 412 g/mol. The fourth-order valence-electron chi connectivity index (χ4n) is 2.47. The first kappa shape index (κ1) is 19.5. The Morgan fingerprint density at radius 2 is 1.71 bits per heavy atom. The molecule has 0 spiro atoms. The highest BCUT2D eigenvalue weighted by molar-refractivity contribution is 7.89. The Morgan fingerprint density at radius 3 is 2.29 bits per heavy atom. The normalized spacial score (nSPS) is 10.9. The summed E-state index contributed by atoms with van der Waals surface area (Å²) < 4.78 is 27.1. The number of carbonyl (C=O) groups is 1. The van der Waals surface area contributed by atoms with Gasteiger partial charge in [0, 0.05) is 11.2 Å². The third kappa shape index (κ3) is 4.19. The van der Waals surface area contributed by atoms with Crippen molar-refractivity contribution in [1.29, 1.82) is 5.26 Å². The number of carbonyl (C=O) groups excluding carboxylic acids is 1. The highest BCUT2D eigenvalue weighted by Gasteiger charge is 2.31. The van der Waals surface area contributed by atoms with Crippen LogP contribution in [0, 0.1) is 11.3 Å². The third-order valence-electron chi connectivity index (χ3n) is 3.92. The van der Waals surface area contributed by atoms with Crippen LogP contribution in [0.2, 0.25) is 5.02 Å². The molecule has 3 rings (SSSR count). The van der Waals surface area contributed by atoms with Gasteiger partial charge in [0.1, 0.15) is 5.69 Å². The molecule has 1 aromatic heterocycles. The van der Waals surface area contributed by atoms with Crippen LogP contribution in [0.5, 0.6) is 0 Å². The lowest BCUT2D eigenvalue weighted by Crippen LogP contribution is -2.36. The molecule has 0 bridgehead atoms. The molecule has 0 radical (unpaired) electrons. The van der Waals surface area contributed by atoms with Crippen molar-refractivity contribution in [2.24, 2.45) is 0 Å². The molecule has 0 fully saturated rings. The van der Waals surface area contributed by atoms with E-state index in [0.29, 0.717) is 16.1 Å². The predicted molar refractivity (Wildman–Crippen MR) is 104 cm³/mol. The molecule has 1 heterocycles. The van der Waals surface area contributed by atoms with E-state index in [4.69, 9.17) is 16.9 Å². The summed E-state index contributed by atoms with van der Waals surface area (Å²) in [6, 6.07) is 18.6. The van der Waals surface area contributed by atoms with Crippen LogP contribution < -0.4 is 0 Å². The summed E-state index contributed by atoms with van der Waals surface area (Å²) in [5.74, 6) is -0.750. The summed E-state index contributed by atoms with van der Waals surface area (Å²) in [6.07, 6.45) is 1.42. The van der Waals surface area contributed by atoms with Crippen molar-refractivity contribution in [3.63, 3.8) is 0 Å². The number of rotatable bonds is 5. The SMILES string of the molecule is N#Cc1ccc(CN(C(=O)c2ccccn2)S(=O)(=O)c2ccc(Cl)cc2)cc1. The second-order valence-electron chi connectivity index (χ2n) is 5.79. The summed E-state index contributed by atoms with van der Waals surface area (Å²) in [4.78, 5) is 16.9. The van der Waals surface area contributed by atoms with E-state index < -0.39 is 15.9 Å². The fourth-order valence-corrected chi connectivity index (χ4v) is 3.96. The van der Waals surface area contributed by atoms with Crippen LogP contribution in [0.15, 0.2) is 77.8 Å². The number of pyridine rings is 1. The van der Waals surface area contributed by atoms with Gasteiger partial charge in [-0.2, -0.15) is 5.26 Å². The van der Waals surface area contributed by atoms with Crippen LogP contribution in [-0.2, 0) is 16.6 Å². The van der Waals surface area contributed by atoms with Gasteiger partial charge in [-0.25, -0.2) is 12.7 Å². The van der Waals surface area contributed by atoms with E-state index in [-0.39, 0.29) is 17.1 Å². The number of hydrogen-bond donors (Lipinski definition) is 0. The molecule has 8 heteroatoms. The van der Waals surface area contributed by atoms with Crippen LogP contribution in [0.4, 0.5) is 0 Å². The van der Waals surface area contributed by atoms with Gasteiger partial charge in [-0.05, 0) is 54.1 Å². The first-order valence-electron chi connectivity index (χ1n) is 8.14. The van der Waals surface area contributed by atoms with Crippen molar-refractivity contribution in [2.75, 3.05) is 0 Å². The Morgan fingerprint density at radius 1 is 1.04 bits per heavy atom. The number of nitriles is 1. The number of aromatic nitrogens is 1. The Bertz CT molecular complexity index is 1120. The summed E-state index contributed by atoms with van der Waals surface area (Å²) in [6.45, 7) is -0.202. The zero-order valence-corrected chi connectivity index (χ0v) is 16.1. The molecule has 140 valence electrons. The van der Waals surface area contributed by atoms with Crippen molar-refractivity contribution < 1.29 is 13.2 Å². The second-order valence-corrected chi connectivity index (χ2v) is 8.09. The molecular weight excluding hydrogens is 398 g/mol. The van der Waals surface area contributed by atoms with Gasteiger partial charge in [0.15, 0.2) is 0 Å². The highest BCUT2D eigenvalue weighted by Crippen LogP contribution is 2.22. The third-order valence-corrected chi connectivity index (χ3v) is 5.92. The maximum atomic E-state index is 13.2. The Hall–Kier alpha value is -3.21. The minimum Gasteiger partial charge on any atom is -0.266 e. The number of halogens is 1. The Labute approximate surface area is 167 Å². The van der Waals surface area contributed by atoms with Crippen molar-refractivity contribution in [3.05, 3.63) is 94.8 Å². The van der Waals surface area contributed by atoms with E-state index >= 15 is 0 Å². The quantitative estimate of drug-likeness (QED) is 0.639. The molecule has 28 heavy (non-hydrogen) atoms. The Kier molecular flexibility index (Phi) is 5.73. The summed E-state index contributed by atoms with van der Waals surface area (Å²) in [5.41, 5.74) is 1.00. The molecule has 6 nitrogen and oxygen atoms in total. The number of nitrogens with zero attached hydrogens (tertiary/aromatic N) is 3. The monoisotopic (exact) mass is 411 g/mol. The van der Waals surface area contributed by atoms with Gasteiger partial charge >= 0.3 is 0 Å². The average Bonchev–Trinajstić information content (AvgIpc) is 2.73. The summed E-state index contributed by atoms with van der Waals surface area (Å²) in [7, 11) is -4.16. The number of amides is 1. The van der Waals surface area contributed by atoms with Crippen molar-refractivity contribution in [2.45, 2.75) is 11.4 Å². The van der Waals surface area contributed by atoms with E-state index in [9.17, 15) is 13.2 Å². The summed E-state index contributed by atoms with van der Waals surface area (Å²) >= 11 is 5.85. The van der Waals surface area contributed by atoms with Crippen LogP contribution in [0.3, 0.4) is 0 Å². The van der Waals surface area contributed by atoms with E-state index in [2.05, 4.69) is 4.98 Å². The smallest absolute Gasteiger partial charge is 0.266 e. The molecule has 0 N–H and O–H groups in total. The van der Waals surface area contributed by atoms with E-state index in [0.717, 1.165) is 4.31 Å². The van der Waals surface area contributed by atoms with Crippen molar-refractivity contribution in [1.82, 2.24) is 9.29 Å². The molecule has 0 unspecified atom stereocenters. The van der Waals surface area contributed by atoms with E-state index in [1.54, 1.807) is 36.4 Å². The lowest BCUT2D eigenvalue weighted by Gasteiger charge is -2.22. The maximum Gasteiger partial charge on any atom is 0.286 e. The van der Waals surface area contributed by atoms with Crippen LogP contribution in [0.1, 0.15) is 21.6 Å². The fraction of sp³-hybridized carbons (Fsp3) is 0.0500. The molecule has 0 saturated heterocycles. The summed E-state index contributed by atoms with van der Waals surface area (Å²) in [5, 5.41) is 9.30. The van der Waals surface area contributed by atoms with E-state index in [1.165, 1.54) is 36.5 Å². The van der Waals surface area contributed by atoms with Gasteiger partial charge in [0.05, 0.1) is 23.1 Å². The zero-order valence-electron chi connectivity index (χ0n) is 14.5. The van der Waals surface area contributed by atoms with Gasteiger partial charge < -0.3 is 0 Å². The lowest BCUT2D eigenvalue weighted by molar-refractivity contribution is 0.0849. The first-order valence-corrected chi connectivity index (χ1v) is 9.96. The first-order chi connectivity index (χ1) is 13.4. The number of sulfonamides is 1. The van der Waals surface area contributed by atoms with Gasteiger partial charge in [-0.3, -0.25) is 9.78 Å².